The molecule has 0 aliphatic carbocycles. The highest BCUT2D eigenvalue weighted by Crippen LogP contribution is 2.13. The number of aromatic amines is 1. The Morgan fingerprint density at radius 2 is 1.96 bits per heavy atom. The molecule has 3 aromatic heterocycles. The van der Waals surface area contributed by atoms with E-state index in [-0.39, 0.29) is 12.1 Å². The summed E-state index contributed by atoms with van der Waals surface area (Å²) in [6.07, 6.45) is 3.84. The molecule has 2 N–H and O–H groups in total. The van der Waals surface area contributed by atoms with E-state index in [0.717, 1.165) is 5.56 Å². The van der Waals surface area contributed by atoms with Crippen LogP contribution in [0.25, 0.3) is 11.2 Å². The maximum absolute atomic E-state index is 12.1. The molecule has 0 fully saturated rings. The molecular formula is C16H23N7O2. The van der Waals surface area contributed by atoms with E-state index in [1.54, 1.807) is 18.7 Å². The second-order valence-corrected chi connectivity index (χ2v) is 6.49. The van der Waals surface area contributed by atoms with Gasteiger partial charge in [-0.2, -0.15) is 5.10 Å². The third-order valence-corrected chi connectivity index (χ3v) is 4.68. The largest absolute Gasteiger partial charge is 0.329 e. The van der Waals surface area contributed by atoms with Crippen LogP contribution in [0, 0.1) is 6.92 Å². The van der Waals surface area contributed by atoms with Gasteiger partial charge in [0.2, 0.25) is 0 Å². The SMILES string of the molecule is Cc1cnn(C(C)C(C)NCc2nc3c(c(=O)[nH]c(=O)n3C)n2C)c1. The van der Waals surface area contributed by atoms with E-state index in [2.05, 4.69) is 34.2 Å². The zero-order valence-electron chi connectivity index (χ0n) is 15.1. The number of hydrogen-bond acceptors (Lipinski definition) is 5. The van der Waals surface area contributed by atoms with Crippen molar-refractivity contribution in [2.45, 2.75) is 39.4 Å². The van der Waals surface area contributed by atoms with Crippen LogP contribution in [0.2, 0.25) is 0 Å². The van der Waals surface area contributed by atoms with Crippen LogP contribution in [0.1, 0.15) is 31.3 Å². The Kier molecular flexibility index (Phi) is 4.34. The molecule has 9 heteroatoms. The number of aromatic nitrogens is 6. The van der Waals surface area contributed by atoms with Gasteiger partial charge in [-0.3, -0.25) is 19.0 Å². The summed E-state index contributed by atoms with van der Waals surface area (Å²) in [6, 6.07) is 0.303. The number of H-pyrrole nitrogens is 1. The Balaban J connectivity index is 1.83. The Labute approximate surface area is 144 Å². The fraction of sp³-hybridized carbons (Fsp3) is 0.500. The number of imidazole rings is 1. The van der Waals surface area contributed by atoms with E-state index < -0.39 is 11.2 Å². The van der Waals surface area contributed by atoms with Crippen LogP contribution in [-0.4, -0.2) is 34.9 Å². The monoisotopic (exact) mass is 345 g/mol. The third-order valence-electron chi connectivity index (χ3n) is 4.68. The predicted molar refractivity (Wildman–Crippen MR) is 94.6 cm³/mol. The van der Waals surface area contributed by atoms with Crippen molar-refractivity contribution < 1.29 is 0 Å². The predicted octanol–water partition coefficient (Wildman–Crippen LogP) is 0.205. The molecule has 0 aliphatic heterocycles. The number of rotatable bonds is 5. The second kappa shape index (κ2) is 6.32. The fourth-order valence-electron chi connectivity index (χ4n) is 2.82. The zero-order valence-corrected chi connectivity index (χ0v) is 15.1. The lowest BCUT2D eigenvalue weighted by molar-refractivity contribution is 0.361. The van der Waals surface area contributed by atoms with Gasteiger partial charge in [0.05, 0.1) is 18.8 Å². The molecule has 0 spiro atoms. The number of nitrogens with zero attached hydrogens (tertiary/aromatic N) is 5. The third kappa shape index (κ3) is 3.02. The average molecular weight is 345 g/mol. The van der Waals surface area contributed by atoms with Crippen molar-refractivity contribution in [2.75, 3.05) is 0 Å². The molecule has 2 unspecified atom stereocenters. The summed E-state index contributed by atoms with van der Waals surface area (Å²) < 4.78 is 4.99. The molecule has 0 saturated heterocycles. The van der Waals surface area contributed by atoms with Gasteiger partial charge in [0.25, 0.3) is 5.56 Å². The van der Waals surface area contributed by atoms with Gasteiger partial charge in [0, 0.05) is 26.3 Å². The second-order valence-electron chi connectivity index (χ2n) is 6.49. The normalized spacial score (nSPS) is 14.1. The van der Waals surface area contributed by atoms with Crippen LogP contribution in [-0.2, 0) is 20.6 Å². The van der Waals surface area contributed by atoms with Crippen LogP contribution in [0.3, 0.4) is 0 Å². The standard InChI is InChI=1S/C16H23N7O2/c1-9-6-18-23(8-9)11(3)10(2)17-7-12-19-14-13(21(12)4)15(24)20-16(25)22(14)5/h6,8,10-11,17H,7H2,1-5H3,(H,20,24,25). The summed E-state index contributed by atoms with van der Waals surface area (Å²) >= 11 is 0. The lowest BCUT2D eigenvalue weighted by atomic mass is 10.2. The lowest BCUT2D eigenvalue weighted by Crippen LogP contribution is -2.34. The molecule has 0 aliphatic rings. The van der Waals surface area contributed by atoms with Crippen LogP contribution < -0.4 is 16.6 Å². The van der Waals surface area contributed by atoms with E-state index in [1.807, 2.05) is 24.0 Å². The highest BCUT2D eigenvalue weighted by molar-refractivity contribution is 5.70. The summed E-state index contributed by atoms with van der Waals surface area (Å²) in [7, 11) is 3.37. The molecule has 2 atom stereocenters. The van der Waals surface area contributed by atoms with Gasteiger partial charge in [-0.05, 0) is 26.3 Å². The molecule has 3 rings (SSSR count). The minimum absolute atomic E-state index is 0.140. The first kappa shape index (κ1) is 17.2. The summed E-state index contributed by atoms with van der Waals surface area (Å²) in [6.45, 7) is 6.65. The van der Waals surface area contributed by atoms with E-state index in [9.17, 15) is 9.59 Å². The van der Waals surface area contributed by atoms with Crippen molar-refractivity contribution in [1.29, 1.82) is 0 Å². The van der Waals surface area contributed by atoms with Crippen molar-refractivity contribution in [1.82, 2.24) is 34.2 Å². The fourth-order valence-corrected chi connectivity index (χ4v) is 2.82. The summed E-state index contributed by atoms with van der Waals surface area (Å²) in [4.78, 5) is 30.5. The smallest absolute Gasteiger partial charge is 0.324 e. The zero-order chi connectivity index (χ0) is 18.3. The molecule has 0 radical (unpaired) electrons. The van der Waals surface area contributed by atoms with Crippen LogP contribution >= 0.6 is 0 Å². The Hall–Kier alpha value is -2.68. The first-order valence-electron chi connectivity index (χ1n) is 8.18. The van der Waals surface area contributed by atoms with E-state index >= 15 is 0 Å². The Morgan fingerprint density at radius 3 is 2.60 bits per heavy atom. The summed E-state index contributed by atoms with van der Waals surface area (Å²) in [5.74, 6) is 0.692. The maximum atomic E-state index is 12.1. The van der Waals surface area contributed by atoms with Crippen molar-refractivity contribution in [3.8, 4) is 0 Å². The van der Waals surface area contributed by atoms with E-state index in [1.165, 1.54) is 4.57 Å². The molecule has 3 heterocycles. The molecule has 3 aromatic rings. The molecule has 0 saturated carbocycles. The molecule has 0 aromatic carbocycles. The molecule has 25 heavy (non-hydrogen) atoms. The van der Waals surface area contributed by atoms with Crippen molar-refractivity contribution in [3.05, 3.63) is 44.6 Å². The molecule has 134 valence electrons. The minimum Gasteiger partial charge on any atom is -0.324 e. The number of hydrogen-bond donors (Lipinski definition) is 2. The van der Waals surface area contributed by atoms with Gasteiger partial charge in [0.1, 0.15) is 5.82 Å². The molecule has 9 nitrogen and oxygen atoms in total. The average Bonchev–Trinajstić information content (AvgIpc) is 3.14. The van der Waals surface area contributed by atoms with Crippen LogP contribution in [0.4, 0.5) is 0 Å². The Bertz CT molecular complexity index is 1020. The lowest BCUT2D eigenvalue weighted by Gasteiger charge is -2.21. The maximum Gasteiger partial charge on any atom is 0.329 e. The first-order chi connectivity index (χ1) is 11.8. The summed E-state index contributed by atoms with van der Waals surface area (Å²) in [5, 5.41) is 7.77. The van der Waals surface area contributed by atoms with E-state index in [4.69, 9.17) is 0 Å². The van der Waals surface area contributed by atoms with Gasteiger partial charge < -0.3 is 9.88 Å². The highest BCUT2D eigenvalue weighted by atomic mass is 16.2. The van der Waals surface area contributed by atoms with E-state index in [0.29, 0.717) is 23.5 Å². The van der Waals surface area contributed by atoms with Crippen molar-refractivity contribution >= 4 is 11.2 Å². The topological polar surface area (TPSA) is 103 Å². The van der Waals surface area contributed by atoms with Gasteiger partial charge in [-0.25, -0.2) is 9.78 Å². The first-order valence-corrected chi connectivity index (χ1v) is 8.18. The number of nitrogens with one attached hydrogen (secondary N) is 2. The number of aryl methyl sites for hydroxylation is 3. The highest BCUT2D eigenvalue weighted by Gasteiger charge is 2.18. The molecular weight excluding hydrogens is 322 g/mol. The molecule has 0 bridgehead atoms. The van der Waals surface area contributed by atoms with Crippen molar-refractivity contribution in [2.24, 2.45) is 14.1 Å². The van der Waals surface area contributed by atoms with Gasteiger partial charge in [0.15, 0.2) is 11.2 Å². The van der Waals surface area contributed by atoms with Crippen LogP contribution in [0.15, 0.2) is 22.0 Å². The quantitative estimate of drug-likeness (QED) is 0.688. The van der Waals surface area contributed by atoms with Crippen LogP contribution in [0.5, 0.6) is 0 Å². The van der Waals surface area contributed by atoms with Gasteiger partial charge >= 0.3 is 5.69 Å². The Morgan fingerprint density at radius 1 is 1.24 bits per heavy atom. The van der Waals surface area contributed by atoms with Gasteiger partial charge in [-0.1, -0.05) is 0 Å². The van der Waals surface area contributed by atoms with Gasteiger partial charge in [-0.15, -0.1) is 0 Å². The molecule has 0 amide bonds. The summed E-state index contributed by atoms with van der Waals surface area (Å²) in [5.41, 5.74) is 1.01. The number of fused-ring (bicyclic) bond motifs is 1. The minimum atomic E-state index is -0.467. The van der Waals surface area contributed by atoms with Crippen molar-refractivity contribution in [3.63, 3.8) is 0 Å².